The zero-order chi connectivity index (χ0) is 52.8. The molecule has 0 bridgehead atoms. The average molecular weight is 977 g/mol. The molecule has 2 aliphatic carbocycles. The summed E-state index contributed by atoms with van der Waals surface area (Å²) in [7, 11) is 0. The van der Waals surface area contributed by atoms with Gasteiger partial charge >= 0.3 is 0 Å². The van der Waals surface area contributed by atoms with Crippen LogP contribution in [0.2, 0.25) is 0 Å². The molecule has 380 valence electrons. The smallest absolute Gasteiger partial charge is 0.264 e. The Balaban J connectivity index is 1.43. The minimum atomic E-state index is -0.125. The monoisotopic (exact) mass is 977 g/mol. The minimum Gasteiger partial charge on any atom is -0.311 e. The van der Waals surface area contributed by atoms with Crippen LogP contribution in [0.15, 0.2) is 72.8 Å². The van der Waals surface area contributed by atoms with E-state index in [1.807, 2.05) is 0 Å². The van der Waals surface area contributed by atoms with Gasteiger partial charge in [0.05, 0.1) is 5.69 Å². The molecule has 6 aromatic rings. The van der Waals surface area contributed by atoms with Gasteiger partial charge in [-0.15, -0.1) is 11.3 Å². The quantitative estimate of drug-likeness (QED) is 0.159. The highest BCUT2D eigenvalue weighted by molar-refractivity contribution is 7.33. The molecule has 2 nitrogen and oxygen atoms in total. The highest BCUT2D eigenvalue weighted by Crippen LogP contribution is 2.55. The minimum absolute atomic E-state index is 0.0420. The Bertz CT molecular complexity index is 3160. The van der Waals surface area contributed by atoms with Crippen molar-refractivity contribution < 1.29 is 0 Å². The van der Waals surface area contributed by atoms with Crippen LogP contribution in [0.5, 0.6) is 0 Å². The topological polar surface area (TPSA) is 6.48 Å². The fourth-order valence-corrected chi connectivity index (χ4v) is 14.1. The molecule has 0 unspecified atom stereocenters. The Labute approximate surface area is 441 Å². The maximum atomic E-state index is 2.79. The molecule has 0 saturated heterocycles. The molecular formula is C68H89BN2S. The third-order valence-electron chi connectivity index (χ3n) is 18.3. The molecule has 5 aromatic carbocycles. The van der Waals surface area contributed by atoms with Crippen molar-refractivity contribution in [2.45, 2.75) is 234 Å². The Morgan fingerprint density at radius 3 is 1.15 bits per heavy atom. The van der Waals surface area contributed by atoms with E-state index in [-0.39, 0.29) is 55.4 Å². The van der Waals surface area contributed by atoms with E-state index in [4.69, 9.17) is 0 Å². The zero-order valence-corrected chi connectivity index (χ0v) is 50.0. The van der Waals surface area contributed by atoms with E-state index in [1.54, 1.807) is 0 Å². The van der Waals surface area contributed by atoms with Gasteiger partial charge in [0.1, 0.15) is 0 Å². The lowest BCUT2D eigenvalue weighted by Gasteiger charge is -2.47. The van der Waals surface area contributed by atoms with Gasteiger partial charge in [-0.05, 0) is 190 Å². The first-order valence-corrected chi connectivity index (χ1v) is 28.5. The molecular weight excluding hydrogens is 888 g/mol. The van der Waals surface area contributed by atoms with E-state index < -0.39 is 0 Å². The number of anilines is 6. The Morgan fingerprint density at radius 1 is 0.389 bits per heavy atom. The van der Waals surface area contributed by atoms with Gasteiger partial charge in [0.15, 0.2) is 0 Å². The predicted octanol–water partition coefficient (Wildman–Crippen LogP) is 18.2. The number of thiophene rings is 1. The van der Waals surface area contributed by atoms with Crippen LogP contribution in [0.25, 0.3) is 10.1 Å². The van der Waals surface area contributed by atoms with Crippen molar-refractivity contribution in [1.29, 1.82) is 0 Å². The van der Waals surface area contributed by atoms with Gasteiger partial charge in [0, 0.05) is 43.3 Å². The van der Waals surface area contributed by atoms with Crippen molar-refractivity contribution in [1.82, 2.24) is 0 Å². The first-order chi connectivity index (χ1) is 32.8. The summed E-state index contributed by atoms with van der Waals surface area (Å²) in [4.78, 5) is 5.55. The molecule has 0 spiro atoms. The normalized spacial score (nSPS) is 18.9. The molecule has 0 fully saturated rings. The first-order valence-electron chi connectivity index (χ1n) is 27.7. The second-order valence-corrected chi connectivity index (χ2v) is 32.1. The Kier molecular flexibility index (Phi) is 11.1. The molecule has 0 atom stereocenters. The molecule has 0 radical (unpaired) electrons. The molecule has 1 aromatic heterocycles. The van der Waals surface area contributed by atoms with Crippen molar-refractivity contribution in [3.05, 3.63) is 123 Å². The summed E-state index contributed by atoms with van der Waals surface area (Å²) in [6, 6.07) is 31.3. The summed E-state index contributed by atoms with van der Waals surface area (Å²) in [5.41, 5.74) is 23.8. The van der Waals surface area contributed by atoms with E-state index in [9.17, 15) is 0 Å². The van der Waals surface area contributed by atoms with Crippen LogP contribution in [-0.4, -0.2) is 6.71 Å². The van der Waals surface area contributed by atoms with Crippen molar-refractivity contribution in [3.63, 3.8) is 0 Å². The number of fused-ring (bicyclic) bond motifs is 8. The lowest BCUT2D eigenvalue weighted by atomic mass is 9.35. The summed E-state index contributed by atoms with van der Waals surface area (Å²) in [6.07, 6.45) is 4.74. The van der Waals surface area contributed by atoms with Gasteiger partial charge < -0.3 is 9.80 Å². The summed E-state index contributed by atoms with van der Waals surface area (Å²) in [5.74, 6) is 0. The number of nitrogens with zero attached hydrogens (tertiary/aromatic N) is 2. The predicted molar refractivity (Wildman–Crippen MR) is 320 cm³/mol. The largest absolute Gasteiger partial charge is 0.311 e. The van der Waals surface area contributed by atoms with Crippen molar-refractivity contribution >= 4 is 78.0 Å². The lowest BCUT2D eigenvalue weighted by molar-refractivity contribution is 0.332. The van der Waals surface area contributed by atoms with Gasteiger partial charge in [-0.2, -0.15) is 0 Å². The number of rotatable bonds is 2. The number of hydrogen-bond acceptors (Lipinski definition) is 3. The number of benzene rings is 5. The second-order valence-electron chi connectivity index (χ2n) is 31.0. The Hall–Kier alpha value is -4.28. The zero-order valence-electron chi connectivity index (χ0n) is 49.1. The maximum Gasteiger partial charge on any atom is 0.264 e. The molecule has 4 aliphatic rings. The van der Waals surface area contributed by atoms with Crippen LogP contribution in [0.3, 0.4) is 0 Å². The van der Waals surface area contributed by atoms with Crippen molar-refractivity contribution in [2.75, 3.05) is 9.80 Å². The van der Waals surface area contributed by atoms with Crippen molar-refractivity contribution in [2.24, 2.45) is 0 Å². The molecule has 10 rings (SSSR count). The van der Waals surface area contributed by atoms with E-state index in [2.05, 4.69) is 253 Å². The first kappa shape index (κ1) is 51.2. The van der Waals surface area contributed by atoms with Gasteiger partial charge in [-0.1, -0.05) is 177 Å². The summed E-state index contributed by atoms with van der Waals surface area (Å²) < 4.78 is 2.89. The molecule has 2 aliphatic heterocycles. The van der Waals surface area contributed by atoms with Crippen molar-refractivity contribution in [3.8, 4) is 0 Å². The fraction of sp³-hybridized carbons (Fsp3) is 0.529. The third kappa shape index (κ3) is 8.16. The van der Waals surface area contributed by atoms with Gasteiger partial charge in [0.2, 0.25) is 0 Å². The number of hydrogen-bond donors (Lipinski definition) is 0. The van der Waals surface area contributed by atoms with Crippen LogP contribution in [0, 0.1) is 0 Å². The van der Waals surface area contributed by atoms with E-state index in [1.165, 1.54) is 136 Å². The summed E-state index contributed by atoms with van der Waals surface area (Å²) >= 11 is 2.09. The lowest BCUT2D eigenvalue weighted by Crippen LogP contribution is -2.61. The van der Waals surface area contributed by atoms with Crippen LogP contribution >= 0.6 is 11.3 Å². The molecule has 0 N–H and O–H groups in total. The maximum absolute atomic E-state index is 2.79. The summed E-state index contributed by atoms with van der Waals surface area (Å²) in [6.45, 7) is 56.0. The SMILES string of the molecule is CC(C)(C)c1cc(N2c3cc4c(cc3B3c5sc6cc7c(cc6c5N(c5cc(C(C)(C)C)cc(C(C)(C)C)c5)c5cc(C(C)(C)C)cc2c53)C(C)(C)CCC7(C)C)C(C)(C)CCC4(C)C)cc(C(C)(C)C)c1. The summed E-state index contributed by atoms with van der Waals surface area (Å²) in [5, 5.41) is 1.41. The molecule has 4 heteroatoms. The van der Waals surface area contributed by atoms with Gasteiger partial charge in [-0.25, -0.2) is 0 Å². The molecule has 72 heavy (non-hydrogen) atoms. The standard InChI is InChI=1S/C68H89BN2S/c1-60(2,3)40-28-41(61(4,5)6)31-45(30-40)70-53-38-50-49(66(18,19)25-26-67(50,20)21)37-52(53)69-57-54(70)34-44(64(13,14)15)35-55(57)71(46-32-42(62(7,8)9)29-43(33-46)63(10,11)12)58-47-36-48-51(39-56(47)72-59(58)69)68(22,23)27-24-65(48,16)17/h28-39H,24-27H2,1-23H3. The molecule has 0 amide bonds. The molecule has 0 saturated carbocycles. The van der Waals surface area contributed by atoms with E-state index >= 15 is 0 Å². The van der Waals surface area contributed by atoms with Crippen LogP contribution in [0.1, 0.15) is 235 Å². The van der Waals surface area contributed by atoms with Crippen LogP contribution < -0.4 is 25.5 Å². The highest BCUT2D eigenvalue weighted by atomic mass is 32.1. The fourth-order valence-electron chi connectivity index (χ4n) is 12.8. The van der Waals surface area contributed by atoms with Crippen LogP contribution in [-0.2, 0) is 48.7 Å². The van der Waals surface area contributed by atoms with Gasteiger partial charge in [0.25, 0.3) is 6.71 Å². The average Bonchev–Trinajstić information content (AvgIpc) is 3.62. The second kappa shape index (κ2) is 15.6. The molecule has 3 heterocycles. The van der Waals surface area contributed by atoms with Crippen LogP contribution in [0.4, 0.5) is 34.1 Å². The van der Waals surface area contributed by atoms with Gasteiger partial charge in [-0.3, -0.25) is 0 Å². The van der Waals surface area contributed by atoms with E-state index in [0.29, 0.717) is 0 Å². The third-order valence-corrected chi connectivity index (χ3v) is 19.5. The van der Waals surface area contributed by atoms with E-state index in [0.717, 1.165) is 0 Å². The highest BCUT2D eigenvalue weighted by Gasteiger charge is 2.49. The Morgan fingerprint density at radius 2 is 0.736 bits per heavy atom.